The Kier molecular flexibility index (Phi) is 3.70. The predicted molar refractivity (Wildman–Crippen MR) is 76.4 cm³/mol. The van der Waals surface area contributed by atoms with Gasteiger partial charge in [-0.1, -0.05) is 0 Å². The van der Waals surface area contributed by atoms with Gasteiger partial charge in [0, 0.05) is 31.2 Å². The van der Waals surface area contributed by atoms with Crippen LogP contribution in [0, 0.1) is 5.92 Å². The topological polar surface area (TPSA) is 80.0 Å². The molecule has 2 aromatic rings. The van der Waals surface area contributed by atoms with E-state index in [-0.39, 0.29) is 24.0 Å². The second-order valence-electron chi connectivity index (χ2n) is 5.53. The van der Waals surface area contributed by atoms with E-state index in [0.717, 1.165) is 5.56 Å². The molecule has 21 heavy (non-hydrogen) atoms. The molecule has 0 radical (unpaired) electrons. The van der Waals surface area contributed by atoms with Gasteiger partial charge in [0.25, 0.3) is 5.91 Å². The molecular weight excluding hydrogens is 268 g/mol. The normalized spacial score (nSPS) is 22.4. The molecular formula is C15H18N4O2. The van der Waals surface area contributed by atoms with Crippen molar-refractivity contribution in [3.8, 4) is 0 Å². The lowest BCUT2D eigenvalue weighted by molar-refractivity contribution is 0.0235. The van der Waals surface area contributed by atoms with Crippen LogP contribution in [0.15, 0.2) is 36.9 Å². The summed E-state index contributed by atoms with van der Waals surface area (Å²) in [6.45, 7) is 0. The fourth-order valence-electron chi connectivity index (χ4n) is 2.70. The largest absolute Gasteiger partial charge is 0.393 e. The van der Waals surface area contributed by atoms with Crippen LogP contribution in [0.25, 0.3) is 0 Å². The van der Waals surface area contributed by atoms with Crippen LogP contribution in [0.1, 0.15) is 34.8 Å². The first-order chi connectivity index (χ1) is 10.1. The molecule has 1 amide bonds. The van der Waals surface area contributed by atoms with E-state index in [1.807, 2.05) is 13.2 Å². The Balaban J connectivity index is 1.78. The maximum absolute atomic E-state index is 12.3. The molecule has 0 aromatic carbocycles. The fraction of sp³-hybridized carbons (Fsp3) is 0.400. The number of rotatable bonds is 4. The van der Waals surface area contributed by atoms with Gasteiger partial charge in [0.2, 0.25) is 0 Å². The molecule has 0 saturated heterocycles. The van der Waals surface area contributed by atoms with E-state index in [1.54, 1.807) is 35.4 Å². The lowest BCUT2D eigenvalue weighted by atomic mass is 9.75. The first kappa shape index (κ1) is 13.8. The Hall–Kier alpha value is -2.21. The molecule has 6 heteroatoms. The quantitative estimate of drug-likeness (QED) is 0.880. The molecule has 3 rings (SSSR count). The van der Waals surface area contributed by atoms with Crippen molar-refractivity contribution in [2.24, 2.45) is 13.0 Å². The zero-order valence-corrected chi connectivity index (χ0v) is 11.8. The standard InChI is InChI=1S/C15H18N4O2/c1-19-9-12(8-17-19)14(11-5-13(20)6-11)18-15(21)10-3-2-4-16-7-10/h2-4,7-9,11,13-14,20H,5-6H2,1H3,(H,18,21)/t11?,13?,14-/m0/s1. The number of carbonyl (C=O) groups excluding carboxylic acids is 1. The van der Waals surface area contributed by atoms with Crippen molar-refractivity contribution < 1.29 is 9.90 Å². The highest BCUT2D eigenvalue weighted by Gasteiger charge is 2.36. The smallest absolute Gasteiger partial charge is 0.253 e. The number of hydrogen-bond donors (Lipinski definition) is 2. The Morgan fingerprint density at radius 2 is 2.29 bits per heavy atom. The first-order valence-corrected chi connectivity index (χ1v) is 7.01. The minimum absolute atomic E-state index is 0.130. The van der Waals surface area contributed by atoms with E-state index < -0.39 is 0 Å². The highest BCUT2D eigenvalue weighted by Crippen LogP contribution is 2.38. The lowest BCUT2D eigenvalue weighted by Gasteiger charge is -2.37. The molecule has 2 heterocycles. The van der Waals surface area contributed by atoms with Crippen molar-refractivity contribution in [1.82, 2.24) is 20.1 Å². The van der Waals surface area contributed by atoms with Crippen LogP contribution in [0.3, 0.4) is 0 Å². The molecule has 0 bridgehead atoms. The zero-order valence-electron chi connectivity index (χ0n) is 11.8. The van der Waals surface area contributed by atoms with Crippen LogP contribution in [0.5, 0.6) is 0 Å². The summed E-state index contributed by atoms with van der Waals surface area (Å²) in [4.78, 5) is 16.3. The summed E-state index contributed by atoms with van der Waals surface area (Å²) in [6.07, 6.45) is 7.99. The van der Waals surface area contributed by atoms with Crippen molar-refractivity contribution >= 4 is 5.91 Å². The summed E-state index contributed by atoms with van der Waals surface area (Å²) in [5, 5.41) is 16.7. The van der Waals surface area contributed by atoms with Gasteiger partial charge in [-0.15, -0.1) is 0 Å². The third kappa shape index (κ3) is 2.95. The number of carbonyl (C=O) groups is 1. The molecule has 110 valence electrons. The van der Waals surface area contributed by atoms with E-state index in [0.29, 0.717) is 18.4 Å². The van der Waals surface area contributed by atoms with Crippen molar-refractivity contribution in [2.45, 2.75) is 25.0 Å². The minimum atomic E-state index is -0.260. The molecule has 2 aromatic heterocycles. The maximum atomic E-state index is 12.3. The Morgan fingerprint density at radius 3 is 2.86 bits per heavy atom. The van der Waals surface area contributed by atoms with Crippen LogP contribution >= 0.6 is 0 Å². The summed E-state index contributed by atoms with van der Waals surface area (Å²) < 4.78 is 1.72. The Labute approximate surface area is 122 Å². The molecule has 1 saturated carbocycles. The molecule has 1 aliphatic rings. The average molecular weight is 286 g/mol. The van der Waals surface area contributed by atoms with Crippen LogP contribution in [-0.4, -0.2) is 31.9 Å². The van der Waals surface area contributed by atoms with Gasteiger partial charge < -0.3 is 10.4 Å². The van der Waals surface area contributed by atoms with Gasteiger partial charge in [0.05, 0.1) is 23.9 Å². The van der Waals surface area contributed by atoms with Gasteiger partial charge >= 0.3 is 0 Å². The monoisotopic (exact) mass is 286 g/mol. The summed E-state index contributed by atoms with van der Waals surface area (Å²) in [6, 6.07) is 3.34. The minimum Gasteiger partial charge on any atom is -0.393 e. The van der Waals surface area contributed by atoms with Crippen molar-refractivity contribution in [3.05, 3.63) is 48.0 Å². The first-order valence-electron chi connectivity index (χ1n) is 7.01. The predicted octanol–water partition coefficient (Wildman–Crippen LogP) is 1.06. The number of hydrogen-bond acceptors (Lipinski definition) is 4. The highest BCUT2D eigenvalue weighted by atomic mass is 16.3. The van der Waals surface area contributed by atoms with Crippen LogP contribution in [0.2, 0.25) is 0 Å². The van der Waals surface area contributed by atoms with Crippen LogP contribution in [-0.2, 0) is 7.05 Å². The van der Waals surface area contributed by atoms with E-state index in [1.165, 1.54) is 0 Å². The van der Waals surface area contributed by atoms with Gasteiger partial charge in [-0.2, -0.15) is 5.10 Å². The lowest BCUT2D eigenvalue weighted by Crippen LogP contribution is -2.41. The van der Waals surface area contributed by atoms with Gasteiger partial charge in [0.15, 0.2) is 0 Å². The summed E-state index contributed by atoms with van der Waals surface area (Å²) in [7, 11) is 1.85. The number of aromatic nitrogens is 3. The van der Waals surface area contributed by atoms with Gasteiger partial charge in [-0.05, 0) is 30.9 Å². The van der Waals surface area contributed by atoms with Crippen molar-refractivity contribution in [3.63, 3.8) is 0 Å². The second kappa shape index (κ2) is 5.65. The molecule has 0 unspecified atom stereocenters. The van der Waals surface area contributed by atoms with E-state index >= 15 is 0 Å². The third-order valence-electron chi connectivity index (χ3n) is 3.92. The number of aliphatic hydroxyl groups excluding tert-OH is 1. The average Bonchev–Trinajstić information content (AvgIpc) is 2.89. The number of aryl methyl sites for hydroxylation is 1. The molecule has 1 atom stereocenters. The Morgan fingerprint density at radius 1 is 1.48 bits per heavy atom. The molecule has 1 fully saturated rings. The maximum Gasteiger partial charge on any atom is 0.253 e. The number of nitrogens with zero attached hydrogens (tertiary/aromatic N) is 3. The number of pyridine rings is 1. The van der Waals surface area contributed by atoms with E-state index in [9.17, 15) is 9.90 Å². The van der Waals surface area contributed by atoms with Crippen molar-refractivity contribution in [1.29, 1.82) is 0 Å². The molecule has 1 aliphatic carbocycles. The number of nitrogens with one attached hydrogen (secondary N) is 1. The van der Waals surface area contributed by atoms with E-state index in [4.69, 9.17) is 0 Å². The van der Waals surface area contributed by atoms with Gasteiger partial charge in [-0.3, -0.25) is 14.5 Å². The van der Waals surface area contributed by atoms with E-state index in [2.05, 4.69) is 15.4 Å². The molecule has 6 nitrogen and oxygen atoms in total. The zero-order chi connectivity index (χ0) is 14.8. The van der Waals surface area contributed by atoms with Gasteiger partial charge in [-0.25, -0.2) is 0 Å². The third-order valence-corrected chi connectivity index (χ3v) is 3.92. The SMILES string of the molecule is Cn1cc([C@@H](NC(=O)c2cccnc2)C2CC(O)C2)cn1. The highest BCUT2D eigenvalue weighted by molar-refractivity contribution is 5.94. The summed E-state index contributed by atoms with van der Waals surface area (Å²) in [5.41, 5.74) is 1.50. The number of aliphatic hydroxyl groups is 1. The van der Waals surface area contributed by atoms with Crippen LogP contribution < -0.4 is 5.32 Å². The molecule has 2 N–H and O–H groups in total. The number of amides is 1. The summed E-state index contributed by atoms with van der Waals surface area (Å²) in [5.74, 6) is 0.0863. The second-order valence-corrected chi connectivity index (χ2v) is 5.53. The van der Waals surface area contributed by atoms with Crippen molar-refractivity contribution in [2.75, 3.05) is 0 Å². The van der Waals surface area contributed by atoms with Gasteiger partial charge in [0.1, 0.15) is 0 Å². The Bertz CT molecular complexity index is 620. The summed E-state index contributed by atoms with van der Waals surface area (Å²) >= 11 is 0. The molecule has 0 aliphatic heterocycles. The fourth-order valence-corrected chi connectivity index (χ4v) is 2.70. The van der Waals surface area contributed by atoms with Crippen LogP contribution in [0.4, 0.5) is 0 Å². The molecule has 0 spiro atoms.